The molecule has 0 aliphatic carbocycles. The zero-order chi connectivity index (χ0) is 22.5. The van der Waals surface area contributed by atoms with Gasteiger partial charge in [-0.05, 0) is 79.1 Å². The van der Waals surface area contributed by atoms with Crippen LogP contribution in [0.4, 0.5) is 11.4 Å². The highest BCUT2D eigenvalue weighted by atomic mass is 35.5. The fourth-order valence-corrected chi connectivity index (χ4v) is 5.11. The van der Waals surface area contributed by atoms with Gasteiger partial charge in [0.25, 0.3) is 20.0 Å². The molecule has 2 N–H and O–H groups in total. The predicted molar refractivity (Wildman–Crippen MR) is 125 cm³/mol. The Balaban J connectivity index is 1.71. The van der Waals surface area contributed by atoms with Gasteiger partial charge in [0.1, 0.15) is 0 Å². The smallest absolute Gasteiger partial charge is 0.261 e. The lowest BCUT2D eigenvalue weighted by Crippen LogP contribution is -2.14. The molecule has 0 aromatic heterocycles. The Morgan fingerprint density at radius 1 is 0.677 bits per heavy atom. The number of anilines is 2. The Bertz CT molecular complexity index is 1220. The summed E-state index contributed by atoms with van der Waals surface area (Å²) in [5.41, 5.74) is 1.72. The summed E-state index contributed by atoms with van der Waals surface area (Å²) in [6.07, 6.45) is 3.03. The van der Waals surface area contributed by atoms with Crippen LogP contribution in [0.15, 0.2) is 82.6 Å². The SMILES string of the molecule is CCCCc1ccc(S(=O)(=O)Nc2ccc(S(=O)(=O)Nc3ccc(Cl)cc3)cc2)cc1. The Morgan fingerprint density at radius 2 is 1.10 bits per heavy atom. The topological polar surface area (TPSA) is 92.3 Å². The summed E-state index contributed by atoms with van der Waals surface area (Å²) in [4.78, 5) is 0.152. The van der Waals surface area contributed by atoms with Crippen LogP contribution >= 0.6 is 11.6 Å². The zero-order valence-corrected chi connectivity index (χ0v) is 19.3. The van der Waals surface area contributed by atoms with Crippen LogP contribution in [-0.2, 0) is 26.5 Å². The van der Waals surface area contributed by atoms with Crippen LogP contribution in [0.25, 0.3) is 0 Å². The van der Waals surface area contributed by atoms with Crippen molar-refractivity contribution in [3.05, 3.63) is 83.4 Å². The number of sulfonamides is 2. The molecule has 0 saturated carbocycles. The second kappa shape index (κ2) is 9.72. The van der Waals surface area contributed by atoms with Crippen LogP contribution < -0.4 is 9.44 Å². The van der Waals surface area contributed by atoms with Crippen LogP contribution in [0.3, 0.4) is 0 Å². The van der Waals surface area contributed by atoms with Gasteiger partial charge >= 0.3 is 0 Å². The second-order valence-corrected chi connectivity index (χ2v) is 10.8. The van der Waals surface area contributed by atoms with Crippen molar-refractivity contribution >= 4 is 43.0 Å². The first-order valence-electron chi connectivity index (χ1n) is 9.70. The average Bonchev–Trinajstić information content (AvgIpc) is 2.74. The molecule has 0 amide bonds. The van der Waals surface area contributed by atoms with E-state index in [2.05, 4.69) is 16.4 Å². The molecular formula is C22H23ClN2O4S2. The number of hydrogen-bond acceptors (Lipinski definition) is 4. The lowest BCUT2D eigenvalue weighted by molar-refractivity contribution is 0.600. The summed E-state index contributed by atoms with van der Waals surface area (Å²) < 4.78 is 55.2. The van der Waals surface area contributed by atoms with Gasteiger partial charge in [0.15, 0.2) is 0 Å². The zero-order valence-electron chi connectivity index (χ0n) is 16.9. The maximum absolute atomic E-state index is 12.6. The molecule has 0 radical (unpaired) electrons. The molecule has 3 aromatic carbocycles. The predicted octanol–water partition coefficient (Wildman–Crippen LogP) is 5.28. The largest absolute Gasteiger partial charge is 0.280 e. The number of rotatable bonds is 9. The van der Waals surface area contributed by atoms with Crippen LogP contribution in [0.2, 0.25) is 5.02 Å². The second-order valence-electron chi connectivity index (χ2n) is 6.99. The third kappa shape index (κ3) is 6.22. The van der Waals surface area contributed by atoms with E-state index in [9.17, 15) is 16.8 Å². The van der Waals surface area contributed by atoms with Crippen molar-refractivity contribution in [2.75, 3.05) is 9.44 Å². The van der Waals surface area contributed by atoms with E-state index in [0.717, 1.165) is 24.8 Å². The van der Waals surface area contributed by atoms with E-state index in [1.807, 2.05) is 12.1 Å². The van der Waals surface area contributed by atoms with E-state index < -0.39 is 20.0 Å². The monoisotopic (exact) mass is 478 g/mol. The van der Waals surface area contributed by atoms with Crippen LogP contribution in [-0.4, -0.2) is 16.8 Å². The molecule has 0 atom stereocenters. The molecule has 9 heteroatoms. The molecule has 6 nitrogen and oxygen atoms in total. The molecule has 3 rings (SSSR count). The number of aryl methyl sites for hydroxylation is 1. The number of hydrogen-bond donors (Lipinski definition) is 2. The van der Waals surface area contributed by atoms with E-state index in [4.69, 9.17) is 11.6 Å². The Labute approximate surface area is 188 Å². The van der Waals surface area contributed by atoms with Crippen molar-refractivity contribution in [1.29, 1.82) is 0 Å². The average molecular weight is 479 g/mol. The normalized spacial score (nSPS) is 11.8. The van der Waals surface area contributed by atoms with Crippen molar-refractivity contribution in [1.82, 2.24) is 0 Å². The first kappa shape index (κ1) is 23.1. The van der Waals surface area contributed by atoms with E-state index in [0.29, 0.717) is 10.7 Å². The number of unbranched alkanes of at least 4 members (excludes halogenated alkanes) is 1. The minimum absolute atomic E-state index is 0.00525. The molecule has 31 heavy (non-hydrogen) atoms. The van der Waals surface area contributed by atoms with Gasteiger partial charge in [0.05, 0.1) is 9.79 Å². The van der Waals surface area contributed by atoms with Gasteiger partial charge in [-0.15, -0.1) is 0 Å². The molecule has 0 bridgehead atoms. The molecule has 0 saturated heterocycles. The van der Waals surface area contributed by atoms with Gasteiger partial charge in [0.2, 0.25) is 0 Å². The summed E-state index contributed by atoms with van der Waals surface area (Å²) in [5.74, 6) is 0. The fourth-order valence-electron chi connectivity index (χ4n) is 2.86. The van der Waals surface area contributed by atoms with Gasteiger partial charge in [-0.1, -0.05) is 37.1 Å². The molecule has 3 aromatic rings. The highest BCUT2D eigenvalue weighted by molar-refractivity contribution is 7.93. The number of benzene rings is 3. The Kier molecular flexibility index (Phi) is 7.25. The van der Waals surface area contributed by atoms with Crippen molar-refractivity contribution < 1.29 is 16.8 Å². The first-order chi connectivity index (χ1) is 14.7. The molecule has 0 fully saturated rings. The van der Waals surface area contributed by atoms with Crippen LogP contribution in [0.1, 0.15) is 25.3 Å². The Hall–Kier alpha value is -2.55. The van der Waals surface area contributed by atoms with Crippen molar-refractivity contribution in [3.8, 4) is 0 Å². The van der Waals surface area contributed by atoms with Crippen molar-refractivity contribution in [3.63, 3.8) is 0 Å². The highest BCUT2D eigenvalue weighted by Crippen LogP contribution is 2.22. The van der Waals surface area contributed by atoms with Crippen molar-refractivity contribution in [2.45, 2.75) is 36.0 Å². The maximum Gasteiger partial charge on any atom is 0.261 e. The molecule has 0 aliphatic heterocycles. The van der Waals surface area contributed by atoms with Gasteiger partial charge in [-0.2, -0.15) is 0 Å². The highest BCUT2D eigenvalue weighted by Gasteiger charge is 2.17. The number of nitrogens with one attached hydrogen (secondary N) is 2. The van der Waals surface area contributed by atoms with E-state index in [1.165, 1.54) is 24.3 Å². The third-order valence-corrected chi connectivity index (χ3v) is 7.61. The van der Waals surface area contributed by atoms with Crippen molar-refractivity contribution in [2.24, 2.45) is 0 Å². The maximum atomic E-state index is 12.6. The fraction of sp³-hybridized carbons (Fsp3) is 0.182. The quantitative estimate of drug-likeness (QED) is 0.437. The van der Waals surface area contributed by atoms with Gasteiger partial charge in [-0.25, -0.2) is 16.8 Å². The van der Waals surface area contributed by atoms with Crippen LogP contribution in [0, 0.1) is 0 Å². The number of halogens is 1. The molecule has 0 unspecified atom stereocenters. The molecule has 0 spiro atoms. The lowest BCUT2D eigenvalue weighted by atomic mass is 10.1. The molecule has 0 aliphatic rings. The molecule has 164 valence electrons. The first-order valence-corrected chi connectivity index (χ1v) is 13.0. The summed E-state index contributed by atoms with van der Waals surface area (Å²) in [6, 6.07) is 18.5. The van der Waals surface area contributed by atoms with E-state index in [-0.39, 0.29) is 15.5 Å². The molecule has 0 heterocycles. The van der Waals surface area contributed by atoms with Gasteiger partial charge in [-0.3, -0.25) is 9.44 Å². The van der Waals surface area contributed by atoms with Gasteiger partial charge in [0, 0.05) is 16.4 Å². The third-order valence-electron chi connectivity index (χ3n) is 4.57. The van der Waals surface area contributed by atoms with Crippen LogP contribution in [0.5, 0.6) is 0 Å². The lowest BCUT2D eigenvalue weighted by Gasteiger charge is -2.11. The Morgan fingerprint density at radius 3 is 1.55 bits per heavy atom. The summed E-state index contributed by atoms with van der Waals surface area (Å²) in [5, 5.41) is 0.496. The minimum atomic E-state index is -3.82. The molecular weight excluding hydrogens is 456 g/mol. The van der Waals surface area contributed by atoms with E-state index in [1.54, 1.807) is 36.4 Å². The summed E-state index contributed by atoms with van der Waals surface area (Å²) >= 11 is 5.81. The standard InChI is InChI=1S/C22H23ClN2O4S2/c1-2-3-4-17-5-13-21(14-6-17)30(26,27)25-20-11-15-22(16-12-20)31(28,29)24-19-9-7-18(23)8-10-19/h5-16,24-25H,2-4H2,1H3. The minimum Gasteiger partial charge on any atom is -0.280 e. The van der Waals surface area contributed by atoms with Gasteiger partial charge < -0.3 is 0 Å². The summed E-state index contributed by atoms with van der Waals surface area (Å²) in [7, 11) is -7.60. The summed E-state index contributed by atoms with van der Waals surface area (Å²) in [6.45, 7) is 2.10. The van der Waals surface area contributed by atoms with E-state index >= 15 is 0 Å².